The Hall–Kier alpha value is -1.84. The molecule has 1 fully saturated rings. The number of rotatable bonds is 4. The molecule has 0 amide bonds. The van der Waals surface area contributed by atoms with Crippen molar-refractivity contribution in [2.75, 3.05) is 7.11 Å². The summed E-state index contributed by atoms with van der Waals surface area (Å²) in [5, 5.41) is 9.05. The number of hydrogen-bond acceptors (Lipinski definition) is 3. The first-order valence-electron chi connectivity index (χ1n) is 6.53. The number of Topliss-reactive ketones (excluding diaryl/α,β-unsaturated/α-hetero) is 1. The summed E-state index contributed by atoms with van der Waals surface area (Å²) in [6, 6.07) is 6.99. The van der Waals surface area contributed by atoms with E-state index in [9.17, 15) is 9.59 Å². The van der Waals surface area contributed by atoms with Crippen LogP contribution in [0.4, 0.5) is 0 Å². The van der Waals surface area contributed by atoms with Gasteiger partial charge in [-0.05, 0) is 43.5 Å². The third-order valence-electron chi connectivity index (χ3n) is 3.77. The molecule has 4 heteroatoms. The molecule has 1 aliphatic carbocycles. The van der Waals surface area contributed by atoms with Gasteiger partial charge in [0.25, 0.3) is 0 Å². The molecule has 0 spiro atoms. The zero-order valence-corrected chi connectivity index (χ0v) is 11.0. The van der Waals surface area contributed by atoms with Crippen LogP contribution in [0.25, 0.3) is 0 Å². The summed E-state index contributed by atoms with van der Waals surface area (Å²) in [5.74, 6) is -0.561. The van der Waals surface area contributed by atoms with E-state index in [1.807, 2.05) is 0 Å². The lowest BCUT2D eigenvalue weighted by Gasteiger charge is -2.25. The first kappa shape index (κ1) is 13.6. The van der Waals surface area contributed by atoms with Crippen LogP contribution in [0, 0.1) is 11.8 Å². The second kappa shape index (κ2) is 5.87. The Labute approximate surface area is 112 Å². The molecule has 1 N–H and O–H groups in total. The van der Waals surface area contributed by atoms with Crippen molar-refractivity contribution in [1.29, 1.82) is 0 Å². The van der Waals surface area contributed by atoms with Crippen molar-refractivity contribution in [2.24, 2.45) is 11.8 Å². The highest BCUT2D eigenvalue weighted by Crippen LogP contribution is 2.31. The lowest BCUT2D eigenvalue weighted by atomic mass is 9.78. The molecule has 0 unspecified atom stereocenters. The minimum atomic E-state index is -0.785. The molecular weight excluding hydrogens is 244 g/mol. The molecule has 0 aromatic heterocycles. The Morgan fingerprint density at radius 1 is 1.16 bits per heavy atom. The zero-order valence-electron chi connectivity index (χ0n) is 11.0. The number of ketones is 1. The first-order valence-corrected chi connectivity index (χ1v) is 6.53. The minimum Gasteiger partial charge on any atom is -0.497 e. The van der Waals surface area contributed by atoms with Crippen molar-refractivity contribution in [3.05, 3.63) is 29.8 Å². The van der Waals surface area contributed by atoms with E-state index in [0.717, 1.165) is 12.8 Å². The molecule has 0 bridgehead atoms. The number of carboxylic acid groups (broad SMARTS) is 1. The number of ether oxygens (including phenoxy) is 1. The van der Waals surface area contributed by atoms with Gasteiger partial charge in [0.05, 0.1) is 13.0 Å². The first-order chi connectivity index (χ1) is 9.11. The van der Waals surface area contributed by atoms with Gasteiger partial charge in [0.1, 0.15) is 5.75 Å². The third kappa shape index (κ3) is 3.13. The number of carbonyl (C=O) groups is 2. The number of benzene rings is 1. The van der Waals surface area contributed by atoms with Crippen LogP contribution >= 0.6 is 0 Å². The van der Waals surface area contributed by atoms with E-state index in [2.05, 4.69) is 0 Å². The molecule has 19 heavy (non-hydrogen) atoms. The van der Waals surface area contributed by atoms with Gasteiger partial charge in [-0.2, -0.15) is 0 Å². The summed E-state index contributed by atoms with van der Waals surface area (Å²) in [6.45, 7) is 0. The molecule has 1 aliphatic rings. The maximum absolute atomic E-state index is 12.3. The Morgan fingerprint density at radius 3 is 2.37 bits per heavy atom. The van der Waals surface area contributed by atoms with E-state index >= 15 is 0 Å². The molecule has 1 aromatic rings. The lowest BCUT2D eigenvalue weighted by molar-refractivity contribution is -0.143. The Bertz CT molecular complexity index is 464. The summed E-state index contributed by atoms with van der Waals surface area (Å²) >= 11 is 0. The molecular formula is C15H18O4. The maximum Gasteiger partial charge on any atom is 0.306 e. The van der Waals surface area contributed by atoms with Crippen LogP contribution in [0.1, 0.15) is 36.0 Å². The highest BCUT2D eigenvalue weighted by Gasteiger charge is 2.31. The van der Waals surface area contributed by atoms with E-state index in [1.165, 1.54) is 0 Å². The van der Waals surface area contributed by atoms with E-state index in [4.69, 9.17) is 9.84 Å². The van der Waals surface area contributed by atoms with Crippen LogP contribution in [0.3, 0.4) is 0 Å². The van der Waals surface area contributed by atoms with Gasteiger partial charge in [0.2, 0.25) is 0 Å². The predicted octanol–water partition coefficient (Wildman–Crippen LogP) is 2.77. The van der Waals surface area contributed by atoms with Crippen LogP contribution < -0.4 is 4.74 Å². The summed E-state index contributed by atoms with van der Waals surface area (Å²) < 4.78 is 5.05. The van der Waals surface area contributed by atoms with Gasteiger partial charge in [-0.1, -0.05) is 6.42 Å². The topological polar surface area (TPSA) is 63.6 Å². The molecule has 1 aromatic carbocycles. The van der Waals surface area contributed by atoms with E-state index < -0.39 is 5.97 Å². The third-order valence-corrected chi connectivity index (χ3v) is 3.77. The number of methoxy groups -OCH3 is 1. The van der Waals surface area contributed by atoms with Gasteiger partial charge in [-0.15, -0.1) is 0 Å². The normalized spacial score (nSPS) is 22.8. The Morgan fingerprint density at radius 2 is 1.79 bits per heavy atom. The molecule has 102 valence electrons. The van der Waals surface area contributed by atoms with Crippen molar-refractivity contribution >= 4 is 11.8 Å². The number of aliphatic carboxylic acids is 1. The summed E-state index contributed by atoms with van der Waals surface area (Å²) in [6.07, 6.45) is 2.74. The van der Waals surface area contributed by atoms with Crippen molar-refractivity contribution in [2.45, 2.75) is 25.7 Å². The van der Waals surface area contributed by atoms with Gasteiger partial charge >= 0.3 is 5.97 Å². The molecule has 2 atom stereocenters. The fourth-order valence-electron chi connectivity index (χ4n) is 2.64. The molecule has 0 heterocycles. The van der Waals surface area contributed by atoms with Gasteiger partial charge in [-0.3, -0.25) is 9.59 Å². The standard InChI is InChI=1S/C15H18O4/c1-19-13-7-5-10(6-8-13)14(16)11-3-2-4-12(9-11)15(17)18/h5-8,11-12H,2-4,9H2,1H3,(H,17,18)/t11-,12+/m1/s1. The smallest absolute Gasteiger partial charge is 0.306 e. The number of carbonyl (C=O) groups excluding carboxylic acids is 1. The molecule has 4 nitrogen and oxygen atoms in total. The van der Waals surface area contributed by atoms with Crippen molar-refractivity contribution < 1.29 is 19.4 Å². The van der Waals surface area contributed by atoms with E-state index in [0.29, 0.717) is 24.2 Å². The average Bonchev–Trinajstić information content (AvgIpc) is 2.46. The summed E-state index contributed by atoms with van der Waals surface area (Å²) in [5.41, 5.74) is 0.636. The van der Waals surface area contributed by atoms with Crippen LogP contribution in [0.5, 0.6) is 5.75 Å². The van der Waals surface area contributed by atoms with Gasteiger partial charge in [-0.25, -0.2) is 0 Å². The molecule has 0 saturated heterocycles. The lowest BCUT2D eigenvalue weighted by Crippen LogP contribution is -2.27. The molecule has 0 aliphatic heterocycles. The van der Waals surface area contributed by atoms with E-state index in [1.54, 1.807) is 31.4 Å². The second-order valence-electron chi connectivity index (χ2n) is 4.99. The fourth-order valence-corrected chi connectivity index (χ4v) is 2.64. The second-order valence-corrected chi connectivity index (χ2v) is 4.99. The SMILES string of the molecule is COc1ccc(C(=O)[C@@H]2CCC[C@H](C(=O)O)C2)cc1. The van der Waals surface area contributed by atoms with Gasteiger partial charge in [0.15, 0.2) is 5.78 Å². The van der Waals surface area contributed by atoms with Gasteiger partial charge in [0, 0.05) is 11.5 Å². The predicted molar refractivity (Wildman–Crippen MR) is 70.4 cm³/mol. The minimum absolute atomic E-state index is 0.0496. The fraction of sp³-hybridized carbons (Fsp3) is 0.467. The largest absolute Gasteiger partial charge is 0.497 e. The van der Waals surface area contributed by atoms with Crippen molar-refractivity contribution in [3.8, 4) is 5.75 Å². The molecule has 1 saturated carbocycles. The number of carboxylic acids is 1. The quantitative estimate of drug-likeness (QED) is 0.847. The highest BCUT2D eigenvalue weighted by atomic mass is 16.5. The van der Waals surface area contributed by atoms with Crippen molar-refractivity contribution in [1.82, 2.24) is 0 Å². The van der Waals surface area contributed by atoms with Crippen LogP contribution in [-0.2, 0) is 4.79 Å². The van der Waals surface area contributed by atoms with Crippen molar-refractivity contribution in [3.63, 3.8) is 0 Å². The van der Waals surface area contributed by atoms with Gasteiger partial charge < -0.3 is 9.84 Å². The summed E-state index contributed by atoms with van der Waals surface area (Å²) in [4.78, 5) is 23.3. The monoisotopic (exact) mass is 262 g/mol. The summed E-state index contributed by atoms with van der Waals surface area (Å²) in [7, 11) is 1.58. The zero-order chi connectivity index (χ0) is 13.8. The number of hydrogen-bond donors (Lipinski definition) is 1. The van der Waals surface area contributed by atoms with Crippen LogP contribution in [-0.4, -0.2) is 24.0 Å². The van der Waals surface area contributed by atoms with E-state index in [-0.39, 0.29) is 17.6 Å². The average molecular weight is 262 g/mol. The Kier molecular flexibility index (Phi) is 4.20. The van der Waals surface area contributed by atoms with Crippen LogP contribution in [0.15, 0.2) is 24.3 Å². The highest BCUT2D eigenvalue weighted by molar-refractivity contribution is 5.98. The molecule has 2 rings (SSSR count). The molecule has 0 radical (unpaired) electrons. The maximum atomic E-state index is 12.3. The Balaban J connectivity index is 2.07. The van der Waals surface area contributed by atoms with Crippen LogP contribution in [0.2, 0.25) is 0 Å².